The number of rotatable bonds is 33. The van der Waals surface area contributed by atoms with Gasteiger partial charge in [-0.2, -0.15) is 10.5 Å². The third kappa shape index (κ3) is 20.0. The van der Waals surface area contributed by atoms with Gasteiger partial charge in [-0.15, -0.1) is 0 Å². The molecule has 0 aromatic heterocycles. The summed E-state index contributed by atoms with van der Waals surface area (Å²) in [5, 5.41) is 18.0. The highest BCUT2D eigenvalue weighted by Gasteiger charge is 2.05. The lowest BCUT2D eigenvalue weighted by atomic mass is 10.0. The van der Waals surface area contributed by atoms with Gasteiger partial charge >= 0.3 is 0 Å². The van der Waals surface area contributed by atoms with Gasteiger partial charge in [0, 0.05) is 12.4 Å². The van der Waals surface area contributed by atoms with E-state index in [1.54, 1.807) is 0 Å². The Kier molecular flexibility index (Phi) is 23.2. The largest absolute Gasteiger partial charge is 0.494 e. The number of benzene rings is 8. The Hall–Kier alpha value is -9.12. The second-order valence-corrected chi connectivity index (χ2v) is 19.4. The smallest absolute Gasteiger partial charge is 0.119 e. The quantitative estimate of drug-likeness (QED) is 0.0294. The van der Waals surface area contributed by atoms with Gasteiger partial charge in [0.15, 0.2) is 0 Å². The van der Waals surface area contributed by atoms with Crippen LogP contribution in [-0.4, -0.2) is 52.1 Å². The molecule has 0 saturated heterocycles. The summed E-state index contributed by atoms with van der Waals surface area (Å²) in [6.45, 7) is 4.06. The van der Waals surface area contributed by atoms with Crippen LogP contribution >= 0.6 is 0 Å². The maximum atomic E-state index is 9.01. The topological polar surface area (TPSA) is 128 Å². The van der Waals surface area contributed by atoms with Gasteiger partial charge < -0.3 is 28.4 Å². The van der Waals surface area contributed by atoms with Crippen LogP contribution in [0.1, 0.15) is 99.3 Å². The zero-order valence-corrected chi connectivity index (χ0v) is 45.6. The molecule has 0 heterocycles. The van der Waals surface area contributed by atoms with E-state index in [-0.39, 0.29) is 0 Å². The van der Waals surface area contributed by atoms with Gasteiger partial charge in [-0.05, 0) is 230 Å². The summed E-state index contributed by atoms with van der Waals surface area (Å²) in [5.41, 5.74) is 9.44. The van der Waals surface area contributed by atoms with Crippen LogP contribution in [0.25, 0.3) is 22.3 Å². The standard InChI is InChI=1S/C70H70N4O6/c71-51-55-13-21-59(22-14-55)61-25-37-67(38-26-61)77-49-11-5-9-47-75-65-33-17-57(18-34-65)53-73-63-29-41-69(42-30-63)79-45-7-3-1-2-4-8-46-80-70-43-31-64(32-44-70)74-54-58-19-35-66(36-20-58)76-48-10-6-12-50-78-68-39-27-62(28-40-68)60-23-15-56(52-72)16-24-60/h13-44,53-54H,1-12,45-50H2. The first-order valence-electron chi connectivity index (χ1n) is 28.0. The number of nitriles is 2. The number of nitrogens with zero attached hydrogens (tertiary/aromatic N) is 4. The Morgan fingerprint density at radius 2 is 0.475 bits per heavy atom. The van der Waals surface area contributed by atoms with Crippen molar-refractivity contribution < 1.29 is 28.4 Å². The molecule has 8 aromatic rings. The van der Waals surface area contributed by atoms with Crippen molar-refractivity contribution in [3.8, 4) is 68.9 Å². The minimum Gasteiger partial charge on any atom is -0.494 e. The van der Waals surface area contributed by atoms with Gasteiger partial charge in [-0.1, -0.05) is 74.2 Å². The molecule has 0 aliphatic heterocycles. The molecule has 8 rings (SSSR count). The lowest BCUT2D eigenvalue weighted by Gasteiger charge is -2.09. The summed E-state index contributed by atoms with van der Waals surface area (Å²) in [7, 11) is 0. The maximum Gasteiger partial charge on any atom is 0.119 e. The molecule has 0 amide bonds. The molecule has 0 unspecified atom stereocenters. The Labute approximate surface area is 472 Å². The minimum atomic E-state index is 0.660. The molecule has 0 N–H and O–H groups in total. The lowest BCUT2D eigenvalue weighted by Crippen LogP contribution is -2.01. The molecule has 0 radical (unpaired) electrons. The summed E-state index contributed by atoms with van der Waals surface area (Å²) < 4.78 is 35.8. The Morgan fingerprint density at radius 3 is 0.738 bits per heavy atom. The number of unbranched alkanes of at least 4 members (excludes halogenated alkanes) is 9. The minimum absolute atomic E-state index is 0.660. The molecule has 0 aliphatic rings. The van der Waals surface area contributed by atoms with E-state index in [2.05, 4.69) is 22.1 Å². The van der Waals surface area contributed by atoms with E-state index in [0.717, 1.165) is 143 Å². The van der Waals surface area contributed by atoms with E-state index in [1.165, 1.54) is 12.8 Å². The van der Waals surface area contributed by atoms with E-state index in [1.807, 2.05) is 207 Å². The zero-order valence-electron chi connectivity index (χ0n) is 45.6. The molecule has 0 fully saturated rings. The molecule has 0 saturated carbocycles. The second-order valence-electron chi connectivity index (χ2n) is 19.4. The number of hydrogen-bond donors (Lipinski definition) is 0. The molecule has 0 aliphatic carbocycles. The SMILES string of the molecule is N#Cc1ccc(-c2ccc(OCCCCCOc3ccc(C=Nc4ccc(OCCCCCCCCOc5ccc(N=Cc6ccc(OCCCCCOc7ccc(-c8ccc(C#N)cc8)cc7)cc6)cc5)cc4)cc3)cc2)cc1. The fraction of sp³-hybridized carbons (Fsp3) is 0.257. The van der Waals surface area contributed by atoms with Crippen molar-refractivity contribution in [1.82, 2.24) is 0 Å². The van der Waals surface area contributed by atoms with E-state index in [4.69, 9.17) is 38.9 Å². The van der Waals surface area contributed by atoms with Gasteiger partial charge in [-0.3, -0.25) is 9.98 Å². The van der Waals surface area contributed by atoms with Gasteiger partial charge in [0.25, 0.3) is 0 Å². The van der Waals surface area contributed by atoms with Crippen LogP contribution in [0, 0.1) is 22.7 Å². The van der Waals surface area contributed by atoms with Crippen molar-refractivity contribution in [2.24, 2.45) is 9.98 Å². The van der Waals surface area contributed by atoms with Crippen LogP contribution < -0.4 is 28.4 Å². The number of ether oxygens (including phenoxy) is 6. The first kappa shape index (κ1) is 57.1. The average Bonchev–Trinajstić information content (AvgIpc) is 3.52. The van der Waals surface area contributed by atoms with Crippen molar-refractivity contribution in [2.45, 2.75) is 77.0 Å². The lowest BCUT2D eigenvalue weighted by molar-refractivity contribution is 0.279. The fourth-order valence-corrected chi connectivity index (χ4v) is 8.63. The number of aliphatic imine (C=N–C) groups is 2. The number of hydrogen-bond acceptors (Lipinski definition) is 10. The van der Waals surface area contributed by atoms with Crippen LogP contribution in [-0.2, 0) is 0 Å². The predicted octanol–water partition coefficient (Wildman–Crippen LogP) is 17.3. The third-order valence-corrected chi connectivity index (χ3v) is 13.3. The monoisotopic (exact) mass is 1060 g/mol. The molecule has 8 aromatic carbocycles. The zero-order chi connectivity index (χ0) is 55.1. The van der Waals surface area contributed by atoms with Crippen LogP contribution in [0.5, 0.6) is 34.5 Å². The fourth-order valence-electron chi connectivity index (χ4n) is 8.63. The predicted molar refractivity (Wildman–Crippen MR) is 322 cm³/mol. The second kappa shape index (κ2) is 32.6. The molecule has 80 heavy (non-hydrogen) atoms. The van der Waals surface area contributed by atoms with Crippen molar-refractivity contribution in [3.63, 3.8) is 0 Å². The summed E-state index contributed by atoms with van der Waals surface area (Å²) in [5.74, 6) is 5.14. The summed E-state index contributed by atoms with van der Waals surface area (Å²) >= 11 is 0. The highest BCUT2D eigenvalue weighted by molar-refractivity contribution is 5.83. The van der Waals surface area contributed by atoms with Crippen LogP contribution in [0.4, 0.5) is 11.4 Å². The highest BCUT2D eigenvalue weighted by Crippen LogP contribution is 2.26. The van der Waals surface area contributed by atoms with E-state index in [9.17, 15) is 0 Å². The molecule has 406 valence electrons. The van der Waals surface area contributed by atoms with Gasteiger partial charge in [0.1, 0.15) is 34.5 Å². The normalized spacial score (nSPS) is 11.0. The molecule has 0 spiro atoms. The molecular formula is C70H70N4O6. The first-order chi connectivity index (χ1) is 39.5. The molecule has 10 heteroatoms. The summed E-state index contributed by atoms with van der Waals surface area (Å²) in [6, 6.07) is 67.6. The van der Waals surface area contributed by atoms with Crippen LogP contribution in [0.2, 0.25) is 0 Å². The maximum absolute atomic E-state index is 9.01. The van der Waals surface area contributed by atoms with Crippen molar-refractivity contribution in [1.29, 1.82) is 10.5 Å². The van der Waals surface area contributed by atoms with Crippen molar-refractivity contribution >= 4 is 23.8 Å². The van der Waals surface area contributed by atoms with Crippen LogP contribution in [0.3, 0.4) is 0 Å². The summed E-state index contributed by atoms with van der Waals surface area (Å²) in [6.07, 6.45) is 16.3. The van der Waals surface area contributed by atoms with E-state index >= 15 is 0 Å². The van der Waals surface area contributed by atoms with Crippen molar-refractivity contribution in [2.75, 3.05) is 39.6 Å². The molecular weight excluding hydrogens is 993 g/mol. The van der Waals surface area contributed by atoms with Gasteiger partial charge in [0.05, 0.1) is 74.3 Å². The van der Waals surface area contributed by atoms with Crippen LogP contribution in [0.15, 0.2) is 204 Å². The summed E-state index contributed by atoms with van der Waals surface area (Å²) in [4.78, 5) is 9.29. The molecule has 10 nitrogen and oxygen atoms in total. The molecule has 0 bridgehead atoms. The van der Waals surface area contributed by atoms with Gasteiger partial charge in [-0.25, -0.2) is 0 Å². The third-order valence-electron chi connectivity index (χ3n) is 13.3. The Bertz CT molecular complexity index is 2960. The van der Waals surface area contributed by atoms with Crippen molar-refractivity contribution in [3.05, 3.63) is 216 Å². The molecule has 0 atom stereocenters. The average molecular weight is 1060 g/mol. The first-order valence-corrected chi connectivity index (χ1v) is 28.0. The van der Waals surface area contributed by atoms with E-state index in [0.29, 0.717) is 50.8 Å². The van der Waals surface area contributed by atoms with Gasteiger partial charge in [0.2, 0.25) is 0 Å². The Morgan fingerprint density at radius 1 is 0.263 bits per heavy atom. The highest BCUT2D eigenvalue weighted by atomic mass is 16.5. The Balaban J connectivity index is 0.587. The van der Waals surface area contributed by atoms with E-state index < -0.39 is 0 Å².